The Morgan fingerprint density at radius 1 is 1.10 bits per heavy atom. The van der Waals surface area contributed by atoms with Gasteiger partial charge in [-0.05, 0) is 29.3 Å². The van der Waals surface area contributed by atoms with Gasteiger partial charge in [0.15, 0.2) is 0 Å². The van der Waals surface area contributed by atoms with Crippen molar-refractivity contribution in [3.63, 3.8) is 0 Å². The Morgan fingerprint density at radius 3 is 2.38 bits per heavy atom. The summed E-state index contributed by atoms with van der Waals surface area (Å²) in [6.07, 6.45) is 1.60. The standard InChI is InChI=1S/C16H22NO3P/c1-4-7-16(21(18,19-2)20-3)17-15-11-10-13-8-5-6-9-14(13)12-15/h5-6,8-12,16-17H,4,7H2,1-3H3. The average Bonchev–Trinajstić information content (AvgIpc) is 2.53. The fraction of sp³-hybridized carbons (Fsp3) is 0.375. The van der Waals surface area contributed by atoms with Crippen LogP contribution in [0.5, 0.6) is 0 Å². The third kappa shape index (κ3) is 3.65. The molecule has 21 heavy (non-hydrogen) atoms. The van der Waals surface area contributed by atoms with Crippen LogP contribution in [0.2, 0.25) is 0 Å². The summed E-state index contributed by atoms with van der Waals surface area (Å²) in [6, 6.07) is 14.2. The monoisotopic (exact) mass is 307 g/mol. The third-order valence-electron chi connectivity index (χ3n) is 3.54. The molecule has 114 valence electrons. The molecule has 2 aromatic carbocycles. The Labute approximate surface area is 126 Å². The van der Waals surface area contributed by atoms with Crippen LogP contribution in [0.4, 0.5) is 5.69 Å². The largest absolute Gasteiger partial charge is 0.372 e. The van der Waals surface area contributed by atoms with Crippen LogP contribution in [-0.4, -0.2) is 20.0 Å². The summed E-state index contributed by atoms with van der Waals surface area (Å²) in [4.78, 5) is 0. The first-order valence-corrected chi connectivity index (χ1v) is 8.70. The van der Waals surface area contributed by atoms with E-state index in [2.05, 4.69) is 17.4 Å². The average molecular weight is 307 g/mol. The second-order valence-corrected chi connectivity index (χ2v) is 7.35. The molecule has 0 amide bonds. The number of hydrogen-bond donors (Lipinski definition) is 1. The topological polar surface area (TPSA) is 47.6 Å². The van der Waals surface area contributed by atoms with E-state index in [0.717, 1.165) is 17.5 Å². The minimum Gasteiger partial charge on any atom is -0.372 e. The van der Waals surface area contributed by atoms with Crippen LogP contribution >= 0.6 is 7.60 Å². The number of anilines is 1. The van der Waals surface area contributed by atoms with Crippen molar-refractivity contribution < 1.29 is 13.6 Å². The van der Waals surface area contributed by atoms with E-state index in [-0.39, 0.29) is 5.78 Å². The van der Waals surface area contributed by atoms with Gasteiger partial charge in [0.2, 0.25) is 0 Å². The molecule has 0 aliphatic heterocycles. The van der Waals surface area contributed by atoms with Gasteiger partial charge in [0, 0.05) is 19.9 Å². The Bertz CT molecular complexity index is 636. The van der Waals surface area contributed by atoms with E-state index < -0.39 is 7.60 Å². The summed E-state index contributed by atoms with van der Waals surface area (Å²) in [7, 11) is -0.294. The molecule has 0 aliphatic carbocycles. The lowest BCUT2D eigenvalue weighted by atomic mass is 10.1. The highest BCUT2D eigenvalue weighted by atomic mass is 31.2. The highest BCUT2D eigenvalue weighted by Crippen LogP contribution is 2.53. The second kappa shape index (κ2) is 7.08. The van der Waals surface area contributed by atoms with E-state index in [1.807, 2.05) is 37.3 Å². The maximum Gasteiger partial charge on any atom is 0.352 e. The molecular weight excluding hydrogens is 285 g/mol. The van der Waals surface area contributed by atoms with E-state index in [1.165, 1.54) is 19.6 Å². The van der Waals surface area contributed by atoms with Gasteiger partial charge in [-0.2, -0.15) is 0 Å². The molecule has 2 rings (SSSR count). The normalized spacial score (nSPS) is 13.3. The van der Waals surface area contributed by atoms with Gasteiger partial charge >= 0.3 is 7.60 Å². The van der Waals surface area contributed by atoms with Gasteiger partial charge in [-0.15, -0.1) is 0 Å². The van der Waals surface area contributed by atoms with Crippen molar-refractivity contribution in [2.75, 3.05) is 19.5 Å². The first kappa shape index (κ1) is 16.0. The summed E-state index contributed by atoms with van der Waals surface area (Å²) in [5, 5.41) is 5.62. The van der Waals surface area contributed by atoms with Crippen LogP contribution in [0.1, 0.15) is 19.8 Å². The van der Waals surface area contributed by atoms with Gasteiger partial charge in [0.25, 0.3) is 0 Å². The lowest BCUT2D eigenvalue weighted by molar-refractivity contribution is 0.266. The van der Waals surface area contributed by atoms with Crippen molar-refractivity contribution in [3.05, 3.63) is 42.5 Å². The van der Waals surface area contributed by atoms with Gasteiger partial charge < -0.3 is 14.4 Å². The van der Waals surface area contributed by atoms with Crippen molar-refractivity contribution >= 4 is 24.1 Å². The highest BCUT2D eigenvalue weighted by Gasteiger charge is 2.33. The van der Waals surface area contributed by atoms with Crippen LogP contribution in [0.15, 0.2) is 42.5 Å². The van der Waals surface area contributed by atoms with E-state index >= 15 is 0 Å². The molecule has 0 radical (unpaired) electrons. The molecular formula is C16H22NO3P. The summed E-state index contributed by atoms with van der Waals surface area (Å²) in [5.74, 6) is -0.348. The van der Waals surface area contributed by atoms with Crippen molar-refractivity contribution in [3.8, 4) is 0 Å². The molecule has 4 nitrogen and oxygen atoms in total. The van der Waals surface area contributed by atoms with Crippen LogP contribution in [0.3, 0.4) is 0 Å². The Hall–Kier alpha value is -1.35. The molecule has 1 N–H and O–H groups in total. The van der Waals surface area contributed by atoms with Crippen LogP contribution in [-0.2, 0) is 13.6 Å². The van der Waals surface area contributed by atoms with Crippen molar-refractivity contribution in [1.29, 1.82) is 0 Å². The molecule has 1 atom stereocenters. The Morgan fingerprint density at radius 2 is 1.76 bits per heavy atom. The summed E-state index contributed by atoms with van der Waals surface area (Å²) < 4.78 is 22.9. The van der Waals surface area contributed by atoms with Gasteiger partial charge in [0.05, 0.1) is 0 Å². The molecule has 0 saturated carbocycles. The van der Waals surface area contributed by atoms with Gasteiger partial charge in [0.1, 0.15) is 5.78 Å². The zero-order valence-corrected chi connectivity index (χ0v) is 13.6. The fourth-order valence-electron chi connectivity index (χ4n) is 2.38. The predicted octanol–water partition coefficient (Wildman–Crippen LogP) is 4.86. The lowest BCUT2D eigenvalue weighted by Gasteiger charge is -2.26. The minimum atomic E-state index is -3.14. The van der Waals surface area contributed by atoms with Gasteiger partial charge in [-0.1, -0.05) is 43.7 Å². The van der Waals surface area contributed by atoms with Crippen LogP contribution in [0.25, 0.3) is 10.8 Å². The molecule has 0 aliphatic rings. The molecule has 0 fully saturated rings. The lowest BCUT2D eigenvalue weighted by Crippen LogP contribution is -2.21. The van der Waals surface area contributed by atoms with Crippen molar-refractivity contribution in [2.45, 2.75) is 25.5 Å². The van der Waals surface area contributed by atoms with Crippen molar-refractivity contribution in [2.24, 2.45) is 0 Å². The molecule has 0 saturated heterocycles. The zero-order valence-electron chi connectivity index (χ0n) is 12.7. The van der Waals surface area contributed by atoms with E-state index in [0.29, 0.717) is 6.42 Å². The van der Waals surface area contributed by atoms with E-state index in [9.17, 15) is 4.57 Å². The number of hydrogen-bond acceptors (Lipinski definition) is 4. The van der Waals surface area contributed by atoms with E-state index in [4.69, 9.17) is 9.05 Å². The minimum absolute atomic E-state index is 0.348. The first-order valence-electron chi connectivity index (χ1n) is 7.09. The van der Waals surface area contributed by atoms with Crippen LogP contribution in [0, 0.1) is 0 Å². The second-order valence-electron chi connectivity index (χ2n) is 4.92. The maximum absolute atomic E-state index is 12.6. The van der Waals surface area contributed by atoms with E-state index in [1.54, 1.807) is 0 Å². The molecule has 0 bridgehead atoms. The summed E-state index contributed by atoms with van der Waals surface area (Å²) >= 11 is 0. The number of fused-ring (bicyclic) bond motifs is 1. The summed E-state index contributed by atoms with van der Waals surface area (Å²) in [5.41, 5.74) is 0.918. The van der Waals surface area contributed by atoms with Gasteiger partial charge in [-0.25, -0.2) is 0 Å². The maximum atomic E-state index is 12.6. The van der Waals surface area contributed by atoms with Crippen LogP contribution < -0.4 is 5.32 Å². The smallest absolute Gasteiger partial charge is 0.352 e. The SMILES string of the molecule is CCCC(Nc1ccc2ccccc2c1)P(=O)(OC)OC. The molecule has 5 heteroatoms. The first-order chi connectivity index (χ1) is 10.1. The zero-order chi connectivity index (χ0) is 15.3. The van der Waals surface area contributed by atoms with Gasteiger partial charge in [-0.3, -0.25) is 4.57 Å². The number of benzene rings is 2. The number of nitrogens with one attached hydrogen (secondary N) is 1. The number of rotatable bonds is 7. The Kier molecular flexibility index (Phi) is 5.40. The molecule has 1 unspecified atom stereocenters. The quantitative estimate of drug-likeness (QED) is 0.742. The third-order valence-corrected chi connectivity index (χ3v) is 5.70. The molecule has 2 aromatic rings. The predicted molar refractivity (Wildman–Crippen MR) is 87.9 cm³/mol. The fourth-order valence-corrected chi connectivity index (χ4v) is 3.92. The van der Waals surface area contributed by atoms with Crippen molar-refractivity contribution in [1.82, 2.24) is 0 Å². The summed E-state index contributed by atoms with van der Waals surface area (Å²) in [6.45, 7) is 2.05. The molecule has 0 heterocycles. The molecule has 0 spiro atoms. The highest BCUT2D eigenvalue weighted by molar-refractivity contribution is 7.54. The Balaban J connectivity index is 2.28. The molecule has 0 aromatic heterocycles.